The van der Waals surface area contributed by atoms with Crippen molar-refractivity contribution in [3.8, 4) is 0 Å². The van der Waals surface area contributed by atoms with Crippen molar-refractivity contribution in [2.75, 3.05) is 12.3 Å². The van der Waals surface area contributed by atoms with Crippen molar-refractivity contribution in [2.24, 2.45) is 0 Å². The monoisotopic (exact) mass is 305 g/mol. The summed E-state index contributed by atoms with van der Waals surface area (Å²) in [6.45, 7) is 2.34. The Morgan fingerprint density at radius 2 is 2.10 bits per heavy atom. The van der Waals surface area contributed by atoms with Crippen LogP contribution in [0.25, 0.3) is 5.57 Å². The molecule has 1 aliphatic heterocycles. The summed E-state index contributed by atoms with van der Waals surface area (Å²) in [5.74, 6) is -0.496. The smallest absolute Gasteiger partial charge is 0.330 e. The Labute approximate surface area is 129 Å². The quantitative estimate of drug-likeness (QED) is 0.821. The van der Waals surface area contributed by atoms with Crippen LogP contribution < -0.4 is 0 Å². The lowest BCUT2D eigenvalue weighted by Crippen LogP contribution is -2.40. The molecule has 4 nitrogen and oxygen atoms in total. The number of hydrogen-bond acceptors (Lipinski definition) is 3. The van der Waals surface area contributed by atoms with E-state index < -0.39 is 12.0 Å². The highest BCUT2D eigenvalue weighted by molar-refractivity contribution is 7.80. The van der Waals surface area contributed by atoms with E-state index in [9.17, 15) is 14.7 Å². The van der Waals surface area contributed by atoms with E-state index in [-0.39, 0.29) is 5.91 Å². The largest absolute Gasteiger partial charge is 0.479 e. The highest BCUT2D eigenvalue weighted by Gasteiger charge is 2.34. The lowest BCUT2D eigenvalue weighted by molar-refractivity contribution is -0.146. The summed E-state index contributed by atoms with van der Waals surface area (Å²) in [5.41, 5.74) is 2.99. The normalized spacial score (nSPS) is 17.7. The molecule has 2 rings (SSSR count). The highest BCUT2D eigenvalue weighted by atomic mass is 32.1. The third kappa shape index (κ3) is 3.47. The number of nitrogens with zero attached hydrogens (tertiary/aromatic N) is 1. The molecule has 0 radical (unpaired) electrons. The van der Waals surface area contributed by atoms with Crippen molar-refractivity contribution in [1.82, 2.24) is 4.90 Å². The zero-order valence-electron chi connectivity index (χ0n) is 12.0. The first-order chi connectivity index (χ1) is 10.0. The maximum atomic E-state index is 12.2. The van der Waals surface area contributed by atoms with E-state index in [4.69, 9.17) is 0 Å². The fourth-order valence-corrected chi connectivity index (χ4v) is 2.70. The molecule has 1 aromatic rings. The molecule has 0 unspecified atom stereocenters. The van der Waals surface area contributed by atoms with Gasteiger partial charge in [-0.25, -0.2) is 4.79 Å². The number of carboxylic acid groups (broad SMARTS) is 1. The molecule has 5 heteroatoms. The molecule has 21 heavy (non-hydrogen) atoms. The van der Waals surface area contributed by atoms with Gasteiger partial charge in [-0.15, -0.1) is 0 Å². The molecule has 1 aromatic carbocycles. The Bertz CT molecular complexity index is 583. The number of rotatable bonds is 5. The topological polar surface area (TPSA) is 57.6 Å². The number of amides is 1. The van der Waals surface area contributed by atoms with Crippen LogP contribution in [0.5, 0.6) is 0 Å². The average molecular weight is 305 g/mol. The van der Waals surface area contributed by atoms with Crippen molar-refractivity contribution >= 4 is 30.1 Å². The summed E-state index contributed by atoms with van der Waals surface area (Å²) in [4.78, 5) is 25.0. The SMILES string of the molecule is Cc1ccccc1C1=C[C@@H](C(=O)O)N(C(=O)CCCS)C1. The fraction of sp³-hybridized carbons (Fsp3) is 0.375. The fourth-order valence-electron chi connectivity index (χ4n) is 2.55. The molecular formula is C16H19NO3S. The molecular weight excluding hydrogens is 286 g/mol. The molecule has 0 fully saturated rings. The van der Waals surface area contributed by atoms with Crippen molar-refractivity contribution in [3.63, 3.8) is 0 Å². The highest BCUT2D eigenvalue weighted by Crippen LogP contribution is 2.28. The standard InChI is InChI=1S/C16H19NO3S/c1-11-5-2-3-6-13(11)12-9-14(16(19)20)17(10-12)15(18)7-4-8-21/h2-3,5-6,9,14,21H,4,7-8,10H2,1H3,(H,19,20)/t14-/m0/s1. The van der Waals surface area contributed by atoms with E-state index >= 15 is 0 Å². The molecule has 0 aliphatic carbocycles. The van der Waals surface area contributed by atoms with Crippen molar-refractivity contribution < 1.29 is 14.7 Å². The van der Waals surface area contributed by atoms with Crippen LogP contribution in [0.2, 0.25) is 0 Å². The number of carbonyl (C=O) groups is 2. The van der Waals surface area contributed by atoms with Gasteiger partial charge in [0, 0.05) is 13.0 Å². The minimum Gasteiger partial charge on any atom is -0.479 e. The number of benzene rings is 1. The zero-order chi connectivity index (χ0) is 15.4. The molecule has 1 heterocycles. The Morgan fingerprint density at radius 1 is 1.38 bits per heavy atom. The van der Waals surface area contributed by atoms with Gasteiger partial charge in [0.2, 0.25) is 5.91 Å². The number of aryl methyl sites for hydroxylation is 1. The summed E-state index contributed by atoms with van der Waals surface area (Å²) in [6, 6.07) is 6.94. The molecule has 1 atom stereocenters. The van der Waals surface area contributed by atoms with Gasteiger partial charge in [-0.3, -0.25) is 4.79 Å². The van der Waals surface area contributed by atoms with Crippen LogP contribution >= 0.6 is 12.6 Å². The van der Waals surface area contributed by atoms with Crippen molar-refractivity contribution in [1.29, 1.82) is 0 Å². The lowest BCUT2D eigenvalue weighted by atomic mass is 10.0. The van der Waals surface area contributed by atoms with Gasteiger partial charge in [0.05, 0.1) is 0 Å². The molecule has 1 aliphatic rings. The first kappa shape index (κ1) is 15.6. The van der Waals surface area contributed by atoms with Gasteiger partial charge in [0.25, 0.3) is 0 Å². The van der Waals surface area contributed by atoms with Gasteiger partial charge >= 0.3 is 5.97 Å². The van der Waals surface area contributed by atoms with E-state index in [0.29, 0.717) is 25.1 Å². The summed E-state index contributed by atoms with van der Waals surface area (Å²) in [6.07, 6.45) is 2.68. The first-order valence-corrected chi connectivity index (χ1v) is 7.57. The van der Waals surface area contributed by atoms with Crippen LogP contribution in [-0.2, 0) is 9.59 Å². The minimum absolute atomic E-state index is 0.128. The van der Waals surface area contributed by atoms with Crippen LogP contribution in [0, 0.1) is 6.92 Å². The van der Waals surface area contributed by atoms with E-state index in [1.807, 2.05) is 31.2 Å². The van der Waals surface area contributed by atoms with E-state index in [1.165, 1.54) is 4.90 Å². The second-order valence-electron chi connectivity index (χ2n) is 5.14. The predicted octanol–water partition coefficient (Wildman–Crippen LogP) is 2.38. The number of aliphatic carboxylic acids is 1. The van der Waals surface area contributed by atoms with Gasteiger partial charge in [-0.05, 0) is 41.9 Å². The maximum Gasteiger partial charge on any atom is 0.330 e. The van der Waals surface area contributed by atoms with E-state index in [0.717, 1.165) is 16.7 Å². The van der Waals surface area contributed by atoms with Crippen LogP contribution in [0.3, 0.4) is 0 Å². The lowest BCUT2D eigenvalue weighted by Gasteiger charge is -2.21. The zero-order valence-corrected chi connectivity index (χ0v) is 12.8. The number of carbonyl (C=O) groups excluding carboxylic acids is 1. The molecule has 0 bridgehead atoms. The Hall–Kier alpha value is -1.75. The number of carboxylic acids is 1. The Morgan fingerprint density at radius 3 is 2.71 bits per heavy atom. The summed E-state index contributed by atoms with van der Waals surface area (Å²) >= 11 is 4.09. The van der Waals surface area contributed by atoms with Crippen LogP contribution in [0.1, 0.15) is 24.0 Å². The summed E-state index contributed by atoms with van der Waals surface area (Å²) in [7, 11) is 0. The van der Waals surface area contributed by atoms with Crippen molar-refractivity contribution in [2.45, 2.75) is 25.8 Å². The molecule has 0 saturated heterocycles. The summed E-state index contributed by atoms with van der Waals surface area (Å²) < 4.78 is 0. The minimum atomic E-state index is -0.988. The van der Waals surface area contributed by atoms with Gasteiger partial charge < -0.3 is 10.0 Å². The molecule has 112 valence electrons. The van der Waals surface area contributed by atoms with Crippen LogP contribution in [0.15, 0.2) is 30.3 Å². The molecule has 1 amide bonds. The van der Waals surface area contributed by atoms with Crippen molar-refractivity contribution in [3.05, 3.63) is 41.5 Å². The average Bonchev–Trinajstić information content (AvgIpc) is 2.90. The predicted molar refractivity (Wildman–Crippen MR) is 85.4 cm³/mol. The van der Waals surface area contributed by atoms with Gasteiger partial charge in [0.15, 0.2) is 0 Å². The third-order valence-electron chi connectivity index (χ3n) is 3.65. The van der Waals surface area contributed by atoms with Gasteiger partial charge in [-0.2, -0.15) is 12.6 Å². The number of hydrogen-bond donors (Lipinski definition) is 2. The Balaban J connectivity index is 2.23. The van der Waals surface area contributed by atoms with Crippen LogP contribution in [0.4, 0.5) is 0 Å². The van der Waals surface area contributed by atoms with Gasteiger partial charge in [0.1, 0.15) is 6.04 Å². The summed E-state index contributed by atoms with van der Waals surface area (Å²) in [5, 5.41) is 9.34. The molecule has 0 spiro atoms. The first-order valence-electron chi connectivity index (χ1n) is 6.94. The van der Waals surface area contributed by atoms with Gasteiger partial charge in [-0.1, -0.05) is 24.3 Å². The Kier molecular flexibility index (Phi) is 5.07. The molecule has 1 N–H and O–H groups in total. The number of thiol groups is 1. The van der Waals surface area contributed by atoms with Crippen LogP contribution in [-0.4, -0.2) is 40.2 Å². The second-order valence-corrected chi connectivity index (χ2v) is 5.59. The third-order valence-corrected chi connectivity index (χ3v) is 3.96. The van der Waals surface area contributed by atoms with E-state index in [2.05, 4.69) is 12.6 Å². The molecule has 0 aromatic heterocycles. The van der Waals surface area contributed by atoms with E-state index in [1.54, 1.807) is 6.08 Å². The second kappa shape index (κ2) is 6.80. The molecule has 0 saturated carbocycles. The maximum absolute atomic E-state index is 12.2.